The van der Waals surface area contributed by atoms with Crippen LogP contribution in [0.5, 0.6) is 0 Å². The Balaban J connectivity index is 2.03. The van der Waals surface area contributed by atoms with Gasteiger partial charge in [0.15, 0.2) is 0 Å². The summed E-state index contributed by atoms with van der Waals surface area (Å²) in [6, 6.07) is 5.29. The summed E-state index contributed by atoms with van der Waals surface area (Å²) in [5, 5.41) is 4.14. The van der Waals surface area contributed by atoms with E-state index in [1.807, 2.05) is 6.92 Å². The van der Waals surface area contributed by atoms with Crippen molar-refractivity contribution in [1.29, 1.82) is 0 Å². The number of thiazole rings is 1. The van der Waals surface area contributed by atoms with Crippen molar-refractivity contribution in [3.63, 3.8) is 0 Å². The summed E-state index contributed by atoms with van der Waals surface area (Å²) in [5.74, 6) is -3.40. The molecule has 0 unspecified atom stereocenters. The molecule has 0 saturated carbocycles. The topological polar surface area (TPSA) is 59.1 Å². The molecule has 2 rings (SSSR count). The fourth-order valence-electron chi connectivity index (χ4n) is 1.65. The van der Waals surface area contributed by atoms with E-state index in [1.54, 1.807) is 17.5 Å². The lowest BCUT2D eigenvalue weighted by molar-refractivity contribution is 0.234. The number of rotatable bonds is 6. The molecule has 0 radical (unpaired) electrons. The largest absolute Gasteiger partial charge is 0.380 e. The van der Waals surface area contributed by atoms with E-state index in [9.17, 15) is 17.2 Å². The highest BCUT2D eigenvalue weighted by Crippen LogP contribution is 2.21. The summed E-state index contributed by atoms with van der Waals surface area (Å²) < 4.78 is 47.4. The van der Waals surface area contributed by atoms with E-state index >= 15 is 0 Å². The number of aromatic nitrogens is 1. The molecule has 2 aromatic rings. The van der Waals surface area contributed by atoms with Crippen LogP contribution in [0.2, 0.25) is 0 Å². The number of nitrogens with one attached hydrogen (secondary N) is 1. The number of anilines is 1. The Morgan fingerprint density at radius 1 is 1.29 bits per heavy atom. The molecule has 0 bridgehead atoms. The van der Waals surface area contributed by atoms with Gasteiger partial charge in [-0.3, -0.25) is 0 Å². The lowest BCUT2D eigenvalue weighted by Crippen LogP contribution is -2.11. The Kier molecular flexibility index (Phi) is 4.89. The molecule has 0 atom stereocenters. The zero-order valence-electron chi connectivity index (χ0n) is 11.2. The molecule has 1 aromatic carbocycles. The Bertz CT molecular complexity index is 697. The van der Waals surface area contributed by atoms with Crippen molar-refractivity contribution in [2.24, 2.45) is 0 Å². The standard InChI is InChI=1S/C13H14F2N2O2S2/c1-2-12-17-8-10(20-12)7-16-9-3-5-11(6-4-9)21(18,19)13(14)15/h3-6,8,13,16H,2,7H2,1H3. The zero-order chi connectivity index (χ0) is 15.5. The van der Waals surface area contributed by atoms with Crippen molar-refractivity contribution >= 4 is 26.9 Å². The van der Waals surface area contributed by atoms with Gasteiger partial charge in [-0.2, -0.15) is 8.78 Å². The quantitative estimate of drug-likeness (QED) is 0.882. The molecule has 21 heavy (non-hydrogen) atoms. The van der Waals surface area contributed by atoms with E-state index in [0.717, 1.165) is 16.3 Å². The Morgan fingerprint density at radius 3 is 2.48 bits per heavy atom. The van der Waals surface area contributed by atoms with Crippen LogP contribution in [0.25, 0.3) is 0 Å². The molecule has 0 aliphatic carbocycles. The fourth-order valence-corrected chi connectivity index (χ4v) is 3.17. The first-order valence-corrected chi connectivity index (χ1v) is 8.59. The van der Waals surface area contributed by atoms with Crippen LogP contribution in [0.4, 0.5) is 14.5 Å². The highest BCUT2D eigenvalue weighted by atomic mass is 32.2. The second-order valence-corrected chi connectivity index (χ2v) is 7.37. The van der Waals surface area contributed by atoms with E-state index in [2.05, 4.69) is 10.3 Å². The number of hydrogen-bond donors (Lipinski definition) is 1. The monoisotopic (exact) mass is 332 g/mol. The van der Waals surface area contributed by atoms with Crippen molar-refractivity contribution < 1.29 is 17.2 Å². The summed E-state index contributed by atoms with van der Waals surface area (Å²) in [7, 11) is -4.53. The van der Waals surface area contributed by atoms with Crippen LogP contribution in [0.3, 0.4) is 0 Å². The number of nitrogens with zero attached hydrogens (tertiary/aromatic N) is 1. The van der Waals surface area contributed by atoms with Gasteiger partial charge in [0.05, 0.1) is 16.4 Å². The average molecular weight is 332 g/mol. The van der Waals surface area contributed by atoms with Gasteiger partial charge in [0.25, 0.3) is 0 Å². The van der Waals surface area contributed by atoms with E-state index in [0.29, 0.717) is 12.2 Å². The number of halogens is 2. The molecule has 1 heterocycles. The van der Waals surface area contributed by atoms with Crippen LogP contribution in [-0.2, 0) is 22.8 Å². The maximum absolute atomic E-state index is 12.4. The normalized spacial score (nSPS) is 11.8. The van der Waals surface area contributed by atoms with Gasteiger partial charge in [-0.25, -0.2) is 13.4 Å². The summed E-state index contributed by atoms with van der Waals surface area (Å²) in [4.78, 5) is 4.90. The molecule has 1 N–H and O–H groups in total. The number of alkyl halides is 2. The van der Waals surface area contributed by atoms with Crippen LogP contribution in [0, 0.1) is 0 Å². The van der Waals surface area contributed by atoms with Gasteiger partial charge in [0.2, 0.25) is 9.84 Å². The minimum absolute atomic E-state index is 0.380. The van der Waals surface area contributed by atoms with Crippen LogP contribution in [0.15, 0.2) is 35.4 Å². The first-order chi connectivity index (χ1) is 9.93. The second-order valence-electron chi connectivity index (χ2n) is 4.26. The van der Waals surface area contributed by atoms with Crippen molar-refractivity contribution in [3.8, 4) is 0 Å². The maximum Gasteiger partial charge on any atom is 0.341 e. The Labute approximate surface area is 125 Å². The minimum atomic E-state index is -4.53. The molecule has 0 saturated heterocycles. The van der Waals surface area contributed by atoms with Crippen molar-refractivity contribution in [2.75, 3.05) is 5.32 Å². The van der Waals surface area contributed by atoms with Crippen LogP contribution in [0.1, 0.15) is 16.8 Å². The highest BCUT2D eigenvalue weighted by molar-refractivity contribution is 7.91. The second kappa shape index (κ2) is 6.48. The highest BCUT2D eigenvalue weighted by Gasteiger charge is 2.26. The van der Waals surface area contributed by atoms with Crippen molar-refractivity contribution in [1.82, 2.24) is 4.98 Å². The smallest absolute Gasteiger partial charge is 0.341 e. The third-order valence-corrected chi connectivity index (χ3v) is 5.33. The molecule has 0 aliphatic rings. The van der Waals surface area contributed by atoms with Gasteiger partial charge in [-0.15, -0.1) is 11.3 Å². The van der Waals surface area contributed by atoms with Crippen molar-refractivity contribution in [3.05, 3.63) is 40.3 Å². The van der Waals surface area contributed by atoms with Gasteiger partial charge in [0, 0.05) is 16.8 Å². The number of aryl methyl sites for hydroxylation is 1. The Hall–Kier alpha value is -1.54. The van der Waals surface area contributed by atoms with Gasteiger partial charge in [-0.05, 0) is 30.7 Å². The summed E-state index contributed by atoms with van der Waals surface area (Å²) >= 11 is 1.59. The van der Waals surface area contributed by atoms with E-state index in [-0.39, 0.29) is 4.90 Å². The van der Waals surface area contributed by atoms with Crippen LogP contribution >= 0.6 is 11.3 Å². The van der Waals surface area contributed by atoms with Crippen LogP contribution in [-0.4, -0.2) is 19.2 Å². The number of benzene rings is 1. The molecular formula is C13H14F2N2O2S2. The Morgan fingerprint density at radius 2 is 1.95 bits per heavy atom. The molecule has 0 amide bonds. The van der Waals surface area contributed by atoms with E-state index in [4.69, 9.17) is 0 Å². The zero-order valence-corrected chi connectivity index (χ0v) is 12.8. The number of hydrogen-bond acceptors (Lipinski definition) is 5. The third kappa shape index (κ3) is 3.76. The van der Waals surface area contributed by atoms with Gasteiger partial charge in [0.1, 0.15) is 0 Å². The first kappa shape index (κ1) is 15.8. The van der Waals surface area contributed by atoms with E-state index < -0.39 is 15.6 Å². The van der Waals surface area contributed by atoms with E-state index in [1.165, 1.54) is 24.3 Å². The molecule has 8 heteroatoms. The van der Waals surface area contributed by atoms with Crippen LogP contribution < -0.4 is 5.32 Å². The average Bonchev–Trinajstić information content (AvgIpc) is 2.93. The lowest BCUT2D eigenvalue weighted by Gasteiger charge is -2.06. The maximum atomic E-state index is 12.4. The predicted octanol–water partition coefficient (Wildman–Crippen LogP) is 3.31. The minimum Gasteiger partial charge on any atom is -0.380 e. The van der Waals surface area contributed by atoms with Gasteiger partial charge in [-0.1, -0.05) is 6.92 Å². The molecule has 1 aromatic heterocycles. The lowest BCUT2D eigenvalue weighted by atomic mass is 10.3. The molecule has 0 aliphatic heterocycles. The SMILES string of the molecule is CCc1ncc(CNc2ccc(S(=O)(=O)C(F)F)cc2)s1. The van der Waals surface area contributed by atoms with Gasteiger partial charge >= 0.3 is 5.76 Å². The summed E-state index contributed by atoms with van der Waals surface area (Å²) in [5.41, 5.74) is 0.662. The summed E-state index contributed by atoms with van der Waals surface area (Å²) in [6.45, 7) is 2.58. The number of sulfone groups is 1. The van der Waals surface area contributed by atoms with Crippen molar-refractivity contribution in [2.45, 2.75) is 30.5 Å². The molecule has 0 fully saturated rings. The molecule has 4 nitrogen and oxygen atoms in total. The first-order valence-electron chi connectivity index (χ1n) is 6.23. The molecule has 114 valence electrons. The summed E-state index contributed by atoms with van der Waals surface area (Å²) in [6.07, 6.45) is 2.66. The van der Waals surface area contributed by atoms with Gasteiger partial charge < -0.3 is 5.32 Å². The fraction of sp³-hybridized carbons (Fsp3) is 0.308. The third-order valence-electron chi connectivity index (χ3n) is 2.79. The molecule has 0 spiro atoms. The molecular weight excluding hydrogens is 318 g/mol. The predicted molar refractivity (Wildman–Crippen MR) is 78.5 cm³/mol.